The monoisotopic (exact) mass is 335 g/mol. The van der Waals surface area contributed by atoms with Gasteiger partial charge in [0.1, 0.15) is 5.82 Å². The Morgan fingerprint density at radius 1 is 1.21 bits per heavy atom. The van der Waals surface area contributed by atoms with E-state index in [1.165, 1.54) is 6.42 Å². The minimum atomic E-state index is 0.631. The van der Waals surface area contributed by atoms with Gasteiger partial charge in [-0.2, -0.15) is 0 Å². The topological polar surface area (TPSA) is 61.8 Å². The molecule has 0 fully saturated rings. The third-order valence-electron chi connectivity index (χ3n) is 3.43. The van der Waals surface area contributed by atoms with Crippen LogP contribution in [0.2, 0.25) is 0 Å². The van der Waals surface area contributed by atoms with E-state index in [-0.39, 0.29) is 0 Å². The average Bonchev–Trinajstić information content (AvgIpc) is 2.59. The third kappa shape index (κ3) is 8.72. The fourth-order valence-corrected chi connectivity index (χ4v) is 2.05. The lowest BCUT2D eigenvalue weighted by Crippen LogP contribution is -2.38. The first-order valence-electron chi connectivity index (χ1n) is 8.89. The van der Waals surface area contributed by atoms with E-state index in [0.29, 0.717) is 6.54 Å². The molecule has 0 atom stereocenters. The van der Waals surface area contributed by atoms with Crippen molar-refractivity contribution in [1.29, 1.82) is 0 Å². The Hall–Kier alpha value is -1.82. The smallest absolute Gasteiger partial charge is 0.191 e. The molecule has 0 saturated carbocycles. The summed E-state index contributed by atoms with van der Waals surface area (Å²) in [6.45, 7) is 8.24. The van der Waals surface area contributed by atoms with Crippen LogP contribution in [0.4, 0.5) is 5.82 Å². The number of rotatable bonds is 11. The van der Waals surface area contributed by atoms with Gasteiger partial charge in [0.25, 0.3) is 0 Å². The van der Waals surface area contributed by atoms with Crippen molar-refractivity contribution >= 4 is 11.8 Å². The number of guanidine groups is 1. The molecule has 2 N–H and O–H groups in total. The van der Waals surface area contributed by atoms with Crippen molar-refractivity contribution in [2.24, 2.45) is 4.99 Å². The summed E-state index contributed by atoms with van der Waals surface area (Å²) in [5.74, 6) is 1.79. The van der Waals surface area contributed by atoms with E-state index >= 15 is 0 Å². The lowest BCUT2D eigenvalue weighted by molar-refractivity contribution is 0.129. The molecule has 24 heavy (non-hydrogen) atoms. The van der Waals surface area contributed by atoms with Crippen molar-refractivity contribution in [3.8, 4) is 0 Å². The zero-order valence-electron chi connectivity index (χ0n) is 15.6. The van der Waals surface area contributed by atoms with Crippen LogP contribution >= 0.6 is 0 Å². The SMILES string of the molecule is CCCCOCCCNC(=NCc1ccnc(N(C)C)c1)NCC. The van der Waals surface area contributed by atoms with Crippen molar-refractivity contribution in [2.75, 3.05) is 45.3 Å². The van der Waals surface area contributed by atoms with Gasteiger partial charge < -0.3 is 20.3 Å². The summed E-state index contributed by atoms with van der Waals surface area (Å²) < 4.78 is 5.57. The number of hydrogen-bond acceptors (Lipinski definition) is 4. The van der Waals surface area contributed by atoms with Crippen molar-refractivity contribution < 1.29 is 4.74 Å². The van der Waals surface area contributed by atoms with Gasteiger partial charge in [0.05, 0.1) is 6.54 Å². The molecule has 1 aromatic heterocycles. The Morgan fingerprint density at radius 3 is 2.71 bits per heavy atom. The second kappa shape index (κ2) is 12.6. The molecule has 0 aliphatic rings. The van der Waals surface area contributed by atoms with Gasteiger partial charge in [0.2, 0.25) is 0 Å². The summed E-state index contributed by atoms with van der Waals surface area (Å²) in [5, 5.41) is 6.63. The van der Waals surface area contributed by atoms with Crippen LogP contribution in [-0.2, 0) is 11.3 Å². The van der Waals surface area contributed by atoms with Gasteiger partial charge in [-0.25, -0.2) is 9.98 Å². The van der Waals surface area contributed by atoms with E-state index < -0.39 is 0 Å². The summed E-state index contributed by atoms with van der Waals surface area (Å²) in [6.07, 6.45) is 5.13. The molecule has 1 heterocycles. The summed E-state index contributed by atoms with van der Waals surface area (Å²) in [5.41, 5.74) is 1.15. The Kier molecular flexibility index (Phi) is 10.6. The molecule has 0 aliphatic carbocycles. The number of ether oxygens (including phenoxy) is 1. The number of aromatic nitrogens is 1. The molecule has 0 radical (unpaired) electrons. The second-order valence-corrected chi connectivity index (χ2v) is 5.86. The molecule has 0 amide bonds. The fourth-order valence-electron chi connectivity index (χ4n) is 2.05. The maximum absolute atomic E-state index is 5.57. The van der Waals surface area contributed by atoms with Gasteiger partial charge in [-0.05, 0) is 37.5 Å². The fraction of sp³-hybridized carbons (Fsp3) is 0.667. The van der Waals surface area contributed by atoms with Gasteiger partial charge in [0.15, 0.2) is 5.96 Å². The lowest BCUT2D eigenvalue weighted by Gasteiger charge is -2.13. The van der Waals surface area contributed by atoms with Crippen molar-refractivity contribution in [2.45, 2.75) is 39.7 Å². The molecule has 0 saturated heterocycles. The number of pyridine rings is 1. The summed E-state index contributed by atoms with van der Waals surface area (Å²) in [7, 11) is 3.98. The van der Waals surface area contributed by atoms with Crippen LogP contribution < -0.4 is 15.5 Å². The normalized spacial score (nSPS) is 11.4. The van der Waals surface area contributed by atoms with E-state index in [9.17, 15) is 0 Å². The molecule has 1 rings (SSSR count). The summed E-state index contributed by atoms with van der Waals surface area (Å²) >= 11 is 0. The lowest BCUT2D eigenvalue weighted by atomic mass is 10.2. The number of aliphatic imine (C=N–C) groups is 1. The van der Waals surface area contributed by atoms with E-state index in [4.69, 9.17) is 4.74 Å². The molecule has 0 aromatic carbocycles. The highest BCUT2D eigenvalue weighted by atomic mass is 16.5. The molecular weight excluding hydrogens is 302 g/mol. The quantitative estimate of drug-likeness (QED) is 0.369. The van der Waals surface area contributed by atoms with E-state index in [2.05, 4.69) is 40.5 Å². The van der Waals surface area contributed by atoms with Crippen LogP contribution in [0.3, 0.4) is 0 Å². The highest BCUT2D eigenvalue weighted by molar-refractivity contribution is 5.79. The number of hydrogen-bond donors (Lipinski definition) is 2. The van der Waals surface area contributed by atoms with E-state index in [1.807, 2.05) is 31.3 Å². The number of unbranched alkanes of at least 4 members (excludes halogenated alkanes) is 1. The van der Waals surface area contributed by atoms with Crippen molar-refractivity contribution in [1.82, 2.24) is 15.6 Å². The van der Waals surface area contributed by atoms with Crippen LogP contribution in [0, 0.1) is 0 Å². The highest BCUT2D eigenvalue weighted by Crippen LogP contribution is 2.10. The van der Waals surface area contributed by atoms with E-state index in [0.717, 1.165) is 56.5 Å². The predicted molar refractivity (Wildman–Crippen MR) is 102 cm³/mol. The van der Waals surface area contributed by atoms with Gasteiger partial charge in [0, 0.05) is 46.6 Å². The Morgan fingerprint density at radius 2 is 2.00 bits per heavy atom. The molecule has 6 heteroatoms. The number of nitrogens with one attached hydrogen (secondary N) is 2. The van der Waals surface area contributed by atoms with Crippen molar-refractivity contribution in [3.63, 3.8) is 0 Å². The van der Waals surface area contributed by atoms with Gasteiger partial charge in [-0.1, -0.05) is 13.3 Å². The minimum Gasteiger partial charge on any atom is -0.381 e. The Labute approximate surface area is 146 Å². The van der Waals surface area contributed by atoms with Crippen LogP contribution in [0.25, 0.3) is 0 Å². The minimum absolute atomic E-state index is 0.631. The first-order valence-corrected chi connectivity index (χ1v) is 8.89. The molecular formula is C18H33N5O. The zero-order chi connectivity index (χ0) is 17.6. The average molecular weight is 335 g/mol. The van der Waals surface area contributed by atoms with Gasteiger partial charge in [-0.3, -0.25) is 0 Å². The van der Waals surface area contributed by atoms with Crippen LogP contribution in [0.15, 0.2) is 23.3 Å². The standard InChI is InChI=1S/C18H33N5O/c1-5-7-12-24-13-8-10-21-18(19-6-2)22-15-16-9-11-20-17(14-16)23(3)4/h9,11,14H,5-8,10,12-13,15H2,1-4H3,(H2,19,21,22). The molecule has 0 aliphatic heterocycles. The van der Waals surface area contributed by atoms with Gasteiger partial charge in [-0.15, -0.1) is 0 Å². The predicted octanol–water partition coefficient (Wildman–Crippen LogP) is 2.41. The zero-order valence-corrected chi connectivity index (χ0v) is 15.6. The molecule has 1 aromatic rings. The van der Waals surface area contributed by atoms with Crippen LogP contribution in [-0.4, -0.2) is 51.3 Å². The van der Waals surface area contributed by atoms with Gasteiger partial charge >= 0.3 is 0 Å². The number of anilines is 1. The number of nitrogens with zero attached hydrogens (tertiary/aromatic N) is 3. The highest BCUT2D eigenvalue weighted by Gasteiger charge is 2.01. The molecule has 136 valence electrons. The second-order valence-electron chi connectivity index (χ2n) is 5.86. The summed E-state index contributed by atoms with van der Waals surface area (Å²) in [4.78, 5) is 11.0. The Balaban J connectivity index is 2.40. The van der Waals surface area contributed by atoms with Crippen LogP contribution in [0.5, 0.6) is 0 Å². The Bertz CT molecular complexity index is 476. The maximum Gasteiger partial charge on any atom is 0.191 e. The van der Waals surface area contributed by atoms with Crippen LogP contribution in [0.1, 0.15) is 38.7 Å². The molecule has 6 nitrogen and oxygen atoms in total. The first kappa shape index (κ1) is 20.2. The summed E-state index contributed by atoms with van der Waals surface area (Å²) in [6, 6.07) is 4.07. The maximum atomic E-state index is 5.57. The van der Waals surface area contributed by atoms with Crippen molar-refractivity contribution in [3.05, 3.63) is 23.9 Å². The molecule has 0 spiro atoms. The third-order valence-corrected chi connectivity index (χ3v) is 3.43. The van der Waals surface area contributed by atoms with E-state index in [1.54, 1.807) is 0 Å². The largest absolute Gasteiger partial charge is 0.381 e. The molecule has 0 unspecified atom stereocenters. The molecule has 0 bridgehead atoms. The first-order chi connectivity index (χ1) is 11.7.